The number of hydrogen-bond donors (Lipinski definition) is 0. The minimum atomic E-state index is 0.587. The minimum Gasteiger partial charge on any atom is -0.456 e. The van der Waals surface area contributed by atoms with Crippen LogP contribution >= 0.6 is 11.3 Å². The maximum atomic E-state index is 6.28. The Morgan fingerprint density at radius 1 is 0.354 bits per heavy atom. The Labute approximate surface area is 376 Å². The van der Waals surface area contributed by atoms with Gasteiger partial charge in [-0.1, -0.05) is 140 Å². The predicted molar refractivity (Wildman–Crippen MR) is 271 cm³/mol. The first kappa shape index (κ1) is 36.1. The highest BCUT2D eigenvalue weighted by Gasteiger charge is 2.24. The average Bonchev–Trinajstić information content (AvgIpc) is 4.03. The van der Waals surface area contributed by atoms with Gasteiger partial charge in [0.05, 0.1) is 21.4 Å². The van der Waals surface area contributed by atoms with Crippen molar-refractivity contribution < 1.29 is 4.42 Å². The summed E-state index contributed by atoms with van der Waals surface area (Å²) in [5.74, 6) is 1.78. The number of furan rings is 1. The van der Waals surface area contributed by atoms with Gasteiger partial charge >= 0.3 is 0 Å². The molecule has 302 valence electrons. The van der Waals surface area contributed by atoms with Crippen molar-refractivity contribution in [3.8, 4) is 51.0 Å². The lowest BCUT2D eigenvalue weighted by atomic mass is 10.0. The molecule has 4 aromatic heterocycles. The van der Waals surface area contributed by atoms with E-state index in [0.29, 0.717) is 17.5 Å². The van der Waals surface area contributed by atoms with E-state index in [1.165, 1.54) is 52.5 Å². The molecule has 0 fully saturated rings. The van der Waals surface area contributed by atoms with E-state index in [4.69, 9.17) is 19.4 Å². The van der Waals surface area contributed by atoms with Gasteiger partial charge in [-0.3, -0.25) is 0 Å². The van der Waals surface area contributed by atoms with Crippen LogP contribution in [0.4, 0.5) is 0 Å². The molecule has 5 nitrogen and oxygen atoms in total. The maximum absolute atomic E-state index is 6.28. The van der Waals surface area contributed by atoms with Crippen LogP contribution in [-0.4, -0.2) is 19.5 Å². The van der Waals surface area contributed by atoms with Crippen LogP contribution < -0.4 is 0 Å². The Morgan fingerprint density at radius 3 is 1.66 bits per heavy atom. The number of fused-ring (bicyclic) bond motifs is 11. The van der Waals surface area contributed by atoms with Gasteiger partial charge in [0.2, 0.25) is 0 Å². The highest BCUT2D eigenvalue weighted by atomic mass is 32.1. The molecule has 0 amide bonds. The average molecular weight is 847 g/mol. The second-order valence-electron chi connectivity index (χ2n) is 16.8. The molecule has 10 aromatic carbocycles. The van der Waals surface area contributed by atoms with Crippen LogP contribution in [-0.2, 0) is 0 Å². The molecule has 0 atom stereocenters. The van der Waals surface area contributed by atoms with Crippen molar-refractivity contribution in [3.05, 3.63) is 206 Å². The molecule has 0 aliphatic heterocycles. The van der Waals surface area contributed by atoms with Gasteiger partial charge in [-0.2, -0.15) is 0 Å². The quantitative estimate of drug-likeness (QED) is 0.173. The van der Waals surface area contributed by atoms with Crippen molar-refractivity contribution in [2.45, 2.75) is 0 Å². The van der Waals surface area contributed by atoms with Crippen molar-refractivity contribution >= 4 is 96.8 Å². The standard InChI is InChI=1S/C59H34N4OS/c1-2-13-35(14-3-1)36-19-12-20-41(29-36)57-60-58(42-25-28-53-49(32-42)43-21-8-10-23-52(43)64-53)62-59(61-57)46-27-26-45-44-22-9-11-24-54(44)65-56(45)55(46)63-50-33-39-17-6-4-15-37(39)30-47(50)48-31-38-16-5-7-18-40(38)34-51(48)63/h1-34H. The number of nitrogens with zero attached hydrogens (tertiary/aromatic N) is 4. The summed E-state index contributed by atoms with van der Waals surface area (Å²) in [6, 6.07) is 73.4. The monoisotopic (exact) mass is 846 g/mol. The Bertz CT molecular complexity index is 4160. The summed E-state index contributed by atoms with van der Waals surface area (Å²) in [6.45, 7) is 0. The fourth-order valence-corrected chi connectivity index (χ4v) is 11.1. The summed E-state index contributed by atoms with van der Waals surface area (Å²) < 4.78 is 11.2. The van der Waals surface area contributed by atoms with Crippen molar-refractivity contribution in [2.24, 2.45) is 0 Å². The predicted octanol–water partition coefficient (Wildman–Crippen LogP) is 16.2. The molecule has 0 saturated heterocycles. The van der Waals surface area contributed by atoms with Crippen LogP contribution in [0.1, 0.15) is 0 Å². The van der Waals surface area contributed by atoms with Crippen molar-refractivity contribution in [1.82, 2.24) is 19.5 Å². The first-order valence-electron chi connectivity index (χ1n) is 21.8. The molecule has 0 unspecified atom stereocenters. The number of hydrogen-bond acceptors (Lipinski definition) is 5. The van der Waals surface area contributed by atoms with Crippen molar-refractivity contribution in [1.29, 1.82) is 0 Å². The SMILES string of the molecule is c1ccc(-c2cccc(-c3nc(-c4ccc5oc6ccccc6c5c4)nc(-c4ccc5c(sc6ccccc65)c4-n4c5cc6ccccc6cc5c5cc6ccccc6cc54)n3)c2)cc1. The van der Waals surface area contributed by atoms with Gasteiger partial charge < -0.3 is 8.98 Å². The van der Waals surface area contributed by atoms with Crippen LogP contribution in [0.3, 0.4) is 0 Å². The van der Waals surface area contributed by atoms with Gasteiger partial charge in [-0.15, -0.1) is 11.3 Å². The lowest BCUT2D eigenvalue weighted by molar-refractivity contribution is 0.669. The molecular weight excluding hydrogens is 813 g/mol. The van der Waals surface area contributed by atoms with Gasteiger partial charge in [0.25, 0.3) is 0 Å². The van der Waals surface area contributed by atoms with E-state index in [1.54, 1.807) is 0 Å². The van der Waals surface area contributed by atoms with Gasteiger partial charge in [0, 0.05) is 53.7 Å². The van der Waals surface area contributed by atoms with Gasteiger partial charge in [-0.05, 0) is 99.4 Å². The molecule has 14 rings (SSSR count). The molecule has 0 saturated carbocycles. The molecular formula is C59H34N4OS. The summed E-state index contributed by atoms with van der Waals surface area (Å²) in [6.07, 6.45) is 0. The van der Waals surface area contributed by atoms with E-state index < -0.39 is 0 Å². The molecule has 0 N–H and O–H groups in total. The molecule has 4 heterocycles. The number of aromatic nitrogens is 4. The van der Waals surface area contributed by atoms with E-state index in [-0.39, 0.29) is 0 Å². The second kappa shape index (κ2) is 14.0. The number of thiophene rings is 1. The van der Waals surface area contributed by atoms with E-state index in [2.05, 4.69) is 187 Å². The van der Waals surface area contributed by atoms with Crippen molar-refractivity contribution in [2.75, 3.05) is 0 Å². The first-order chi connectivity index (χ1) is 32.2. The Balaban J connectivity index is 1.10. The molecule has 0 aliphatic rings. The van der Waals surface area contributed by atoms with E-state index in [0.717, 1.165) is 66.5 Å². The van der Waals surface area contributed by atoms with Crippen LogP contribution in [0.15, 0.2) is 211 Å². The molecule has 0 bridgehead atoms. The number of benzene rings is 10. The highest BCUT2D eigenvalue weighted by Crippen LogP contribution is 2.46. The molecule has 0 spiro atoms. The van der Waals surface area contributed by atoms with Gasteiger partial charge in [0.15, 0.2) is 17.5 Å². The summed E-state index contributed by atoms with van der Waals surface area (Å²) in [5, 5.41) is 11.7. The summed E-state index contributed by atoms with van der Waals surface area (Å²) in [7, 11) is 0. The normalized spacial score (nSPS) is 12.0. The van der Waals surface area contributed by atoms with Crippen LogP contribution in [0.25, 0.3) is 136 Å². The lowest BCUT2D eigenvalue weighted by Gasteiger charge is -2.16. The first-order valence-corrected chi connectivity index (χ1v) is 22.6. The number of rotatable bonds is 5. The minimum absolute atomic E-state index is 0.587. The van der Waals surface area contributed by atoms with Gasteiger partial charge in [0.1, 0.15) is 11.2 Å². The van der Waals surface area contributed by atoms with Gasteiger partial charge in [-0.25, -0.2) is 15.0 Å². The Hall–Kier alpha value is -8.45. The third-order valence-electron chi connectivity index (χ3n) is 13.0. The van der Waals surface area contributed by atoms with E-state index in [9.17, 15) is 0 Å². The van der Waals surface area contributed by atoms with E-state index in [1.807, 2.05) is 35.6 Å². The van der Waals surface area contributed by atoms with Crippen LogP contribution in [0.2, 0.25) is 0 Å². The van der Waals surface area contributed by atoms with E-state index >= 15 is 0 Å². The molecule has 6 heteroatoms. The lowest BCUT2D eigenvalue weighted by Crippen LogP contribution is -2.04. The molecule has 0 aliphatic carbocycles. The summed E-state index contributed by atoms with van der Waals surface area (Å²) in [4.78, 5) is 16.3. The number of para-hydroxylation sites is 1. The third-order valence-corrected chi connectivity index (χ3v) is 14.2. The smallest absolute Gasteiger partial charge is 0.166 e. The topological polar surface area (TPSA) is 56.7 Å². The summed E-state index contributed by atoms with van der Waals surface area (Å²) in [5.41, 5.74) is 9.91. The van der Waals surface area contributed by atoms with Crippen molar-refractivity contribution in [3.63, 3.8) is 0 Å². The fourth-order valence-electron chi connectivity index (χ4n) is 9.89. The molecule has 14 aromatic rings. The largest absolute Gasteiger partial charge is 0.456 e. The highest BCUT2D eigenvalue weighted by molar-refractivity contribution is 7.26. The zero-order valence-corrected chi connectivity index (χ0v) is 35.6. The van der Waals surface area contributed by atoms with Crippen LogP contribution in [0.5, 0.6) is 0 Å². The summed E-state index contributed by atoms with van der Waals surface area (Å²) >= 11 is 1.82. The second-order valence-corrected chi connectivity index (χ2v) is 17.8. The Morgan fingerprint density at radius 2 is 0.923 bits per heavy atom. The molecule has 0 radical (unpaired) electrons. The maximum Gasteiger partial charge on any atom is 0.166 e. The fraction of sp³-hybridized carbons (Fsp3) is 0. The zero-order valence-electron chi connectivity index (χ0n) is 34.7. The van der Waals surface area contributed by atoms with Crippen LogP contribution in [0, 0.1) is 0 Å². The molecule has 65 heavy (non-hydrogen) atoms. The zero-order chi connectivity index (χ0) is 42.6. The third kappa shape index (κ3) is 5.67. The Kier molecular flexibility index (Phi) is 7.79.